The molecule has 0 radical (unpaired) electrons. The Kier molecular flexibility index (Phi) is 5.00. The predicted molar refractivity (Wildman–Crippen MR) is 85.0 cm³/mol. The second-order valence-electron chi connectivity index (χ2n) is 5.93. The van der Waals surface area contributed by atoms with E-state index >= 15 is 0 Å². The van der Waals surface area contributed by atoms with E-state index in [4.69, 9.17) is 0 Å². The number of amides is 1. The van der Waals surface area contributed by atoms with E-state index < -0.39 is 5.41 Å². The highest BCUT2D eigenvalue weighted by Crippen LogP contribution is 2.18. The summed E-state index contributed by atoms with van der Waals surface area (Å²) >= 11 is 0. The van der Waals surface area contributed by atoms with Gasteiger partial charge in [0.05, 0.1) is 13.2 Å². The van der Waals surface area contributed by atoms with Gasteiger partial charge in [0.25, 0.3) is 5.91 Å². The predicted octanol–water partition coefficient (Wildman–Crippen LogP) is 1.54. The molecule has 2 rings (SSSR count). The Balaban J connectivity index is 2.17. The minimum atomic E-state index is -0.706. The van der Waals surface area contributed by atoms with Crippen LogP contribution >= 0.6 is 0 Å². The van der Waals surface area contributed by atoms with E-state index in [2.05, 4.69) is 0 Å². The molecule has 0 bridgehead atoms. The van der Waals surface area contributed by atoms with Gasteiger partial charge in [0, 0.05) is 42.7 Å². The third-order valence-corrected chi connectivity index (χ3v) is 3.72. The molecule has 5 heteroatoms. The van der Waals surface area contributed by atoms with Crippen LogP contribution in [0.5, 0.6) is 0 Å². The van der Waals surface area contributed by atoms with E-state index in [0.29, 0.717) is 5.56 Å². The fraction of sp³-hybridized carbons (Fsp3) is 0.353. The van der Waals surface area contributed by atoms with Gasteiger partial charge in [-0.3, -0.25) is 4.79 Å². The molecule has 1 amide bonds. The van der Waals surface area contributed by atoms with Crippen molar-refractivity contribution in [3.05, 3.63) is 54.4 Å². The highest BCUT2D eigenvalue weighted by atomic mass is 16.3. The Bertz CT molecular complexity index is 619. The van der Waals surface area contributed by atoms with Crippen LogP contribution in [0.1, 0.15) is 17.3 Å². The molecule has 0 unspecified atom stereocenters. The summed E-state index contributed by atoms with van der Waals surface area (Å²) in [5.41, 5.74) is 0.783. The monoisotopic (exact) mass is 302 g/mol. The summed E-state index contributed by atoms with van der Waals surface area (Å²) in [5.74, 6) is -0.137. The van der Waals surface area contributed by atoms with E-state index in [9.17, 15) is 15.0 Å². The van der Waals surface area contributed by atoms with Crippen molar-refractivity contribution in [2.45, 2.75) is 6.92 Å². The molecule has 5 nitrogen and oxygen atoms in total. The number of aliphatic hydroxyl groups is 2. The smallest absolute Gasteiger partial charge is 0.253 e. The molecule has 1 aromatic carbocycles. The van der Waals surface area contributed by atoms with Crippen LogP contribution in [-0.2, 0) is 0 Å². The maximum Gasteiger partial charge on any atom is 0.253 e. The zero-order valence-corrected chi connectivity index (χ0v) is 12.9. The molecular weight excluding hydrogens is 280 g/mol. The van der Waals surface area contributed by atoms with Crippen molar-refractivity contribution in [2.24, 2.45) is 5.41 Å². The molecule has 22 heavy (non-hydrogen) atoms. The largest absolute Gasteiger partial charge is 0.396 e. The van der Waals surface area contributed by atoms with Crippen molar-refractivity contribution < 1.29 is 15.0 Å². The maximum atomic E-state index is 12.5. The van der Waals surface area contributed by atoms with E-state index in [0.717, 1.165) is 5.69 Å². The summed E-state index contributed by atoms with van der Waals surface area (Å²) in [6.45, 7) is 1.68. The van der Waals surface area contributed by atoms with Crippen LogP contribution in [0.3, 0.4) is 0 Å². The summed E-state index contributed by atoms with van der Waals surface area (Å²) < 4.78 is 1.93. The molecule has 1 heterocycles. The third-order valence-electron chi connectivity index (χ3n) is 3.72. The molecular formula is C17H22N2O3. The highest BCUT2D eigenvalue weighted by molar-refractivity contribution is 5.94. The number of hydrogen-bond donors (Lipinski definition) is 2. The van der Waals surface area contributed by atoms with Gasteiger partial charge in [-0.15, -0.1) is 0 Å². The quantitative estimate of drug-likeness (QED) is 0.850. The molecule has 1 aromatic heterocycles. The lowest BCUT2D eigenvalue weighted by Crippen LogP contribution is -2.41. The number of carbonyl (C=O) groups excluding carboxylic acids is 1. The number of aliphatic hydroxyl groups excluding tert-OH is 2. The molecule has 118 valence electrons. The van der Waals surface area contributed by atoms with Crippen LogP contribution in [-0.4, -0.2) is 52.4 Å². The van der Waals surface area contributed by atoms with Gasteiger partial charge in [-0.05, 0) is 30.3 Å². The fourth-order valence-corrected chi connectivity index (χ4v) is 2.32. The molecule has 0 aliphatic rings. The van der Waals surface area contributed by atoms with Crippen LogP contribution in [0.25, 0.3) is 5.69 Å². The van der Waals surface area contributed by atoms with Crippen LogP contribution in [0.15, 0.2) is 48.8 Å². The third kappa shape index (κ3) is 3.55. The Morgan fingerprint density at radius 1 is 1.18 bits per heavy atom. The van der Waals surface area contributed by atoms with Crippen LogP contribution in [0.4, 0.5) is 0 Å². The summed E-state index contributed by atoms with van der Waals surface area (Å²) in [7, 11) is 1.67. The molecule has 2 N–H and O–H groups in total. The lowest BCUT2D eigenvalue weighted by molar-refractivity contribution is 0.0366. The zero-order chi connectivity index (χ0) is 16.2. The Morgan fingerprint density at radius 2 is 1.82 bits per heavy atom. The topological polar surface area (TPSA) is 65.7 Å². The lowest BCUT2D eigenvalue weighted by atomic mass is 9.92. The number of hydrogen-bond acceptors (Lipinski definition) is 3. The molecule has 0 aliphatic carbocycles. The van der Waals surface area contributed by atoms with Crippen LogP contribution in [0.2, 0.25) is 0 Å². The Morgan fingerprint density at radius 3 is 2.41 bits per heavy atom. The SMILES string of the molecule is CN(CC(C)(CO)CO)C(=O)c1cccc(-n2cccc2)c1. The first-order chi connectivity index (χ1) is 10.5. The number of carbonyl (C=O) groups is 1. The molecule has 0 saturated heterocycles. The van der Waals surface area contributed by atoms with Gasteiger partial charge in [0.2, 0.25) is 0 Å². The van der Waals surface area contributed by atoms with Gasteiger partial charge in [0.1, 0.15) is 0 Å². The molecule has 0 atom stereocenters. The first kappa shape index (κ1) is 16.3. The minimum Gasteiger partial charge on any atom is -0.396 e. The fourth-order valence-electron chi connectivity index (χ4n) is 2.32. The molecule has 0 aliphatic heterocycles. The van der Waals surface area contributed by atoms with Crippen LogP contribution < -0.4 is 0 Å². The second-order valence-corrected chi connectivity index (χ2v) is 5.93. The van der Waals surface area contributed by atoms with Crippen molar-refractivity contribution >= 4 is 5.91 Å². The Labute approximate surface area is 130 Å². The minimum absolute atomic E-state index is 0.137. The van der Waals surface area contributed by atoms with Gasteiger partial charge < -0.3 is 19.7 Å². The maximum absolute atomic E-state index is 12.5. The van der Waals surface area contributed by atoms with Crippen molar-refractivity contribution in [3.63, 3.8) is 0 Å². The normalized spacial score (nSPS) is 11.5. The number of aromatic nitrogens is 1. The second kappa shape index (κ2) is 6.77. The first-order valence-corrected chi connectivity index (χ1v) is 7.20. The summed E-state index contributed by atoms with van der Waals surface area (Å²) in [5, 5.41) is 18.7. The van der Waals surface area contributed by atoms with E-state index in [1.807, 2.05) is 47.3 Å². The molecule has 0 spiro atoms. The van der Waals surface area contributed by atoms with Crippen LogP contribution in [0, 0.1) is 5.41 Å². The van der Waals surface area contributed by atoms with Gasteiger partial charge >= 0.3 is 0 Å². The number of nitrogens with zero attached hydrogens (tertiary/aromatic N) is 2. The zero-order valence-electron chi connectivity index (χ0n) is 12.9. The first-order valence-electron chi connectivity index (χ1n) is 7.20. The molecule has 2 aromatic rings. The van der Waals surface area contributed by atoms with Gasteiger partial charge in [0.15, 0.2) is 0 Å². The number of rotatable bonds is 6. The van der Waals surface area contributed by atoms with E-state index in [1.165, 1.54) is 4.90 Å². The average molecular weight is 302 g/mol. The van der Waals surface area contributed by atoms with Crippen molar-refractivity contribution in [3.8, 4) is 5.69 Å². The molecule has 0 fully saturated rings. The lowest BCUT2D eigenvalue weighted by Gasteiger charge is -2.30. The van der Waals surface area contributed by atoms with E-state index in [-0.39, 0.29) is 25.7 Å². The van der Waals surface area contributed by atoms with Gasteiger partial charge in [-0.2, -0.15) is 0 Å². The van der Waals surface area contributed by atoms with Crippen molar-refractivity contribution in [1.29, 1.82) is 0 Å². The number of benzene rings is 1. The van der Waals surface area contributed by atoms with Crippen molar-refractivity contribution in [2.75, 3.05) is 26.8 Å². The average Bonchev–Trinajstić information content (AvgIpc) is 3.08. The summed E-state index contributed by atoms with van der Waals surface area (Å²) in [6, 6.07) is 11.2. The summed E-state index contributed by atoms with van der Waals surface area (Å²) in [4.78, 5) is 14.1. The van der Waals surface area contributed by atoms with Crippen molar-refractivity contribution in [1.82, 2.24) is 9.47 Å². The summed E-state index contributed by atoms with van der Waals surface area (Å²) in [6.07, 6.45) is 3.84. The van der Waals surface area contributed by atoms with Gasteiger partial charge in [-0.25, -0.2) is 0 Å². The molecule has 0 saturated carbocycles. The van der Waals surface area contributed by atoms with E-state index in [1.54, 1.807) is 20.0 Å². The van der Waals surface area contributed by atoms with Gasteiger partial charge in [-0.1, -0.05) is 13.0 Å². The highest BCUT2D eigenvalue weighted by Gasteiger charge is 2.26. The Hall–Kier alpha value is -2.11. The standard InChI is InChI=1S/C17H22N2O3/c1-17(12-20,13-21)11-18(2)16(22)14-6-5-7-15(10-14)19-8-3-4-9-19/h3-10,20-21H,11-13H2,1-2H3.